The second-order valence-electron chi connectivity index (χ2n) is 4.96. The van der Waals surface area contributed by atoms with E-state index in [0.29, 0.717) is 32.7 Å². The zero-order valence-corrected chi connectivity index (χ0v) is 12.4. The Bertz CT molecular complexity index is 337. The molecule has 1 N–H and O–H groups in total. The van der Waals surface area contributed by atoms with Gasteiger partial charge in [0.05, 0.1) is 19.3 Å². The number of carboxylic acid groups (broad SMARTS) is 1. The van der Waals surface area contributed by atoms with Gasteiger partial charge in [-0.15, -0.1) is 0 Å². The van der Waals surface area contributed by atoms with E-state index in [4.69, 9.17) is 9.47 Å². The fraction of sp³-hybridized carbons (Fsp3) is 0.846. The summed E-state index contributed by atoms with van der Waals surface area (Å²) in [4.78, 5) is 26.8. The summed E-state index contributed by atoms with van der Waals surface area (Å²) in [5.41, 5.74) is 0. The fourth-order valence-corrected chi connectivity index (χ4v) is 2.44. The molecule has 1 saturated heterocycles. The van der Waals surface area contributed by atoms with Gasteiger partial charge in [-0.1, -0.05) is 0 Å². The molecule has 0 aromatic rings. The number of hydrogen-bond acceptors (Lipinski definition) is 4. The highest BCUT2D eigenvalue weighted by Crippen LogP contribution is 2.20. The topological polar surface area (TPSA) is 79.3 Å². The molecule has 2 atom stereocenters. The molecule has 1 aliphatic heterocycles. The number of methoxy groups -OCH3 is 2. The molecule has 7 nitrogen and oxygen atoms in total. The van der Waals surface area contributed by atoms with Crippen molar-refractivity contribution in [1.29, 1.82) is 0 Å². The highest BCUT2D eigenvalue weighted by Gasteiger charge is 2.37. The van der Waals surface area contributed by atoms with Crippen LogP contribution in [0.4, 0.5) is 4.79 Å². The van der Waals surface area contributed by atoms with Crippen molar-refractivity contribution in [2.45, 2.75) is 31.8 Å². The lowest BCUT2D eigenvalue weighted by molar-refractivity contribution is -0.141. The predicted molar refractivity (Wildman–Crippen MR) is 72.7 cm³/mol. The van der Waals surface area contributed by atoms with Crippen LogP contribution in [0.2, 0.25) is 0 Å². The van der Waals surface area contributed by atoms with Gasteiger partial charge in [0.1, 0.15) is 6.04 Å². The van der Waals surface area contributed by atoms with Crippen LogP contribution in [0, 0.1) is 0 Å². The number of urea groups is 1. The molecule has 20 heavy (non-hydrogen) atoms. The van der Waals surface area contributed by atoms with Crippen molar-refractivity contribution >= 4 is 12.0 Å². The molecule has 0 aromatic carbocycles. The number of ether oxygens (including phenoxy) is 2. The van der Waals surface area contributed by atoms with Crippen LogP contribution >= 0.6 is 0 Å². The average Bonchev–Trinajstić information content (AvgIpc) is 2.88. The molecular formula is C13H24N2O5. The molecule has 0 spiro atoms. The smallest absolute Gasteiger partial charge is 0.326 e. The Hall–Kier alpha value is -1.34. The van der Waals surface area contributed by atoms with E-state index in [1.165, 1.54) is 4.90 Å². The third kappa shape index (κ3) is 4.08. The molecule has 1 rings (SSSR count). The Labute approximate surface area is 119 Å². The molecule has 116 valence electrons. The molecule has 0 aliphatic carbocycles. The molecule has 0 saturated carbocycles. The summed E-state index contributed by atoms with van der Waals surface area (Å²) in [7, 11) is 3.14. The normalized spacial score (nSPS) is 19.9. The van der Waals surface area contributed by atoms with Crippen molar-refractivity contribution in [3.05, 3.63) is 0 Å². The first-order valence-electron chi connectivity index (χ1n) is 6.80. The molecule has 1 unspecified atom stereocenters. The second kappa shape index (κ2) is 8.06. The number of rotatable bonds is 7. The molecule has 0 aromatic heterocycles. The Kier molecular flexibility index (Phi) is 6.74. The highest BCUT2D eigenvalue weighted by atomic mass is 16.5. The van der Waals surface area contributed by atoms with Crippen LogP contribution in [0.3, 0.4) is 0 Å². The predicted octanol–water partition coefficient (Wildman–Crippen LogP) is 0.639. The maximum atomic E-state index is 12.6. The Morgan fingerprint density at radius 3 is 2.65 bits per heavy atom. The fourth-order valence-electron chi connectivity index (χ4n) is 2.44. The number of carbonyl (C=O) groups excluding carboxylic acids is 1. The number of likely N-dealkylation sites (tertiary alicyclic amines) is 1. The van der Waals surface area contributed by atoms with Crippen molar-refractivity contribution in [2.75, 3.05) is 40.5 Å². The number of amides is 2. The van der Waals surface area contributed by atoms with E-state index in [-0.39, 0.29) is 12.1 Å². The molecule has 0 radical (unpaired) electrons. The minimum Gasteiger partial charge on any atom is -0.480 e. The largest absolute Gasteiger partial charge is 0.480 e. The molecule has 0 bridgehead atoms. The lowest BCUT2D eigenvalue weighted by atomic mass is 10.2. The van der Waals surface area contributed by atoms with E-state index in [1.807, 2.05) is 6.92 Å². The van der Waals surface area contributed by atoms with Gasteiger partial charge >= 0.3 is 12.0 Å². The summed E-state index contributed by atoms with van der Waals surface area (Å²) >= 11 is 0. The summed E-state index contributed by atoms with van der Waals surface area (Å²) in [6.07, 6.45) is 1.23. The molecular weight excluding hydrogens is 264 g/mol. The van der Waals surface area contributed by atoms with Crippen LogP contribution < -0.4 is 0 Å². The first-order chi connectivity index (χ1) is 9.52. The number of carboxylic acids is 1. The molecule has 1 aliphatic rings. The number of nitrogens with zero attached hydrogens (tertiary/aromatic N) is 2. The van der Waals surface area contributed by atoms with Gasteiger partial charge in [0.2, 0.25) is 0 Å². The van der Waals surface area contributed by atoms with E-state index < -0.39 is 12.0 Å². The van der Waals surface area contributed by atoms with Gasteiger partial charge in [-0.25, -0.2) is 9.59 Å². The van der Waals surface area contributed by atoms with Gasteiger partial charge in [-0.05, 0) is 19.8 Å². The average molecular weight is 288 g/mol. The summed E-state index contributed by atoms with van der Waals surface area (Å²) in [5, 5.41) is 9.17. The van der Waals surface area contributed by atoms with Crippen molar-refractivity contribution in [3.63, 3.8) is 0 Å². The van der Waals surface area contributed by atoms with Crippen molar-refractivity contribution in [2.24, 2.45) is 0 Å². The van der Waals surface area contributed by atoms with Gasteiger partial charge in [-0.3, -0.25) is 0 Å². The van der Waals surface area contributed by atoms with Crippen LogP contribution in [0.5, 0.6) is 0 Å². The lowest BCUT2D eigenvalue weighted by Crippen LogP contribution is -2.52. The van der Waals surface area contributed by atoms with Crippen molar-refractivity contribution in [3.8, 4) is 0 Å². The van der Waals surface area contributed by atoms with Gasteiger partial charge in [-0.2, -0.15) is 0 Å². The quantitative estimate of drug-likeness (QED) is 0.743. The summed E-state index contributed by atoms with van der Waals surface area (Å²) < 4.78 is 10.1. The van der Waals surface area contributed by atoms with E-state index in [9.17, 15) is 14.7 Å². The monoisotopic (exact) mass is 288 g/mol. The zero-order chi connectivity index (χ0) is 15.1. The number of carbonyl (C=O) groups is 2. The Morgan fingerprint density at radius 2 is 2.10 bits per heavy atom. The Balaban J connectivity index is 2.77. The standard InChI is InChI=1S/C13H24N2O5/c1-10(9-20-3)14(7-8-19-2)13(18)15-6-4-5-11(15)12(16)17/h10-11H,4-9H2,1-3H3,(H,16,17)/t10?,11-/m0/s1. The SMILES string of the molecule is COCCN(C(=O)N1CCC[C@H]1C(=O)O)C(C)COC. The zero-order valence-electron chi connectivity index (χ0n) is 12.4. The van der Waals surface area contributed by atoms with Gasteiger partial charge in [0.25, 0.3) is 0 Å². The number of hydrogen-bond donors (Lipinski definition) is 1. The minimum absolute atomic E-state index is 0.127. The van der Waals surface area contributed by atoms with Crippen molar-refractivity contribution < 1.29 is 24.2 Å². The number of aliphatic carboxylic acids is 1. The van der Waals surface area contributed by atoms with Crippen molar-refractivity contribution in [1.82, 2.24) is 9.80 Å². The van der Waals surface area contributed by atoms with E-state index in [2.05, 4.69) is 0 Å². The second-order valence-corrected chi connectivity index (χ2v) is 4.96. The summed E-state index contributed by atoms with van der Waals surface area (Å²) in [6, 6.07) is -1.10. The van der Waals surface area contributed by atoms with Crippen LogP contribution in [-0.4, -0.2) is 79.5 Å². The highest BCUT2D eigenvalue weighted by molar-refractivity contribution is 5.83. The van der Waals surface area contributed by atoms with Gasteiger partial charge in [0.15, 0.2) is 0 Å². The van der Waals surface area contributed by atoms with Crippen LogP contribution in [0.15, 0.2) is 0 Å². The van der Waals surface area contributed by atoms with E-state index in [0.717, 1.165) is 6.42 Å². The van der Waals surface area contributed by atoms with Crippen LogP contribution in [-0.2, 0) is 14.3 Å². The Morgan fingerprint density at radius 1 is 1.40 bits per heavy atom. The minimum atomic E-state index is -0.943. The molecule has 2 amide bonds. The summed E-state index contributed by atoms with van der Waals surface area (Å²) in [5.74, 6) is -0.943. The van der Waals surface area contributed by atoms with Crippen LogP contribution in [0.25, 0.3) is 0 Å². The van der Waals surface area contributed by atoms with E-state index >= 15 is 0 Å². The van der Waals surface area contributed by atoms with E-state index in [1.54, 1.807) is 19.1 Å². The third-order valence-electron chi connectivity index (χ3n) is 3.51. The lowest BCUT2D eigenvalue weighted by Gasteiger charge is -2.34. The molecule has 7 heteroatoms. The first-order valence-corrected chi connectivity index (χ1v) is 6.80. The first kappa shape index (κ1) is 16.7. The molecule has 1 heterocycles. The van der Waals surface area contributed by atoms with Crippen LogP contribution in [0.1, 0.15) is 19.8 Å². The maximum Gasteiger partial charge on any atom is 0.326 e. The third-order valence-corrected chi connectivity index (χ3v) is 3.51. The van der Waals surface area contributed by atoms with Gasteiger partial charge in [0, 0.05) is 27.3 Å². The van der Waals surface area contributed by atoms with Gasteiger partial charge < -0.3 is 24.4 Å². The molecule has 1 fully saturated rings. The maximum absolute atomic E-state index is 12.6. The summed E-state index contributed by atoms with van der Waals surface area (Å²) in [6.45, 7) is 3.59.